The monoisotopic (exact) mass is 461 g/mol. The fraction of sp³-hybridized carbons (Fsp3) is 0.304. The molecule has 3 N–H and O–H groups in total. The van der Waals surface area contributed by atoms with Crippen molar-refractivity contribution in [3.8, 4) is 0 Å². The van der Waals surface area contributed by atoms with Gasteiger partial charge < -0.3 is 16.0 Å². The Balaban J connectivity index is 2.01. The number of nitrogens with two attached hydrogens (primary N) is 1. The first-order valence-electron chi connectivity index (χ1n) is 10.2. The summed E-state index contributed by atoms with van der Waals surface area (Å²) >= 11 is 0. The molecule has 1 unspecified atom stereocenters. The van der Waals surface area contributed by atoms with Crippen molar-refractivity contribution in [3.63, 3.8) is 0 Å². The molecule has 1 aliphatic heterocycles. The van der Waals surface area contributed by atoms with Gasteiger partial charge >= 0.3 is 6.18 Å². The first-order valence-corrected chi connectivity index (χ1v) is 10.2. The van der Waals surface area contributed by atoms with Gasteiger partial charge in [0.15, 0.2) is 0 Å². The van der Waals surface area contributed by atoms with E-state index >= 15 is 0 Å². The lowest BCUT2D eigenvalue weighted by atomic mass is 9.98. The number of Topliss-reactive ketones (excluding diaryl/α,β-unsaturated/α-hetero) is 1. The number of benzene rings is 2. The van der Waals surface area contributed by atoms with E-state index in [0.717, 1.165) is 17.0 Å². The number of nitrogens with one attached hydrogen (secondary N) is 1. The van der Waals surface area contributed by atoms with Gasteiger partial charge in [-0.3, -0.25) is 19.2 Å². The fourth-order valence-corrected chi connectivity index (χ4v) is 3.73. The van der Waals surface area contributed by atoms with Gasteiger partial charge in [-0.15, -0.1) is 0 Å². The highest BCUT2D eigenvalue weighted by molar-refractivity contribution is 6.37. The predicted molar refractivity (Wildman–Crippen MR) is 111 cm³/mol. The Labute approximate surface area is 187 Å². The number of nitrogens with zero attached hydrogens (tertiary/aromatic N) is 1. The molecular weight excluding hydrogens is 439 g/mol. The maximum absolute atomic E-state index is 13.3. The summed E-state index contributed by atoms with van der Waals surface area (Å²) in [6.45, 7) is -0.383. The van der Waals surface area contributed by atoms with Crippen LogP contribution in [0.15, 0.2) is 54.6 Å². The molecule has 1 fully saturated rings. The van der Waals surface area contributed by atoms with Gasteiger partial charge in [0, 0.05) is 19.4 Å². The molecule has 0 bridgehead atoms. The number of alkyl halides is 3. The molecule has 0 radical (unpaired) electrons. The van der Waals surface area contributed by atoms with Gasteiger partial charge in [0.05, 0.1) is 5.56 Å². The van der Waals surface area contributed by atoms with E-state index in [1.165, 1.54) is 12.1 Å². The van der Waals surface area contributed by atoms with E-state index in [4.69, 9.17) is 5.73 Å². The molecule has 7 nitrogen and oxygen atoms in total. The Bertz CT molecular complexity index is 1060. The number of carbonyl (C=O) groups is 4. The van der Waals surface area contributed by atoms with Crippen LogP contribution < -0.4 is 11.1 Å². The summed E-state index contributed by atoms with van der Waals surface area (Å²) in [6, 6.07) is 10.6. The first-order chi connectivity index (χ1) is 15.6. The average Bonchev–Trinajstić information content (AvgIpc) is 3.21. The Kier molecular flexibility index (Phi) is 7.15. The minimum absolute atomic E-state index is 0.0754. The van der Waals surface area contributed by atoms with Gasteiger partial charge in [0.25, 0.3) is 5.91 Å². The highest BCUT2D eigenvalue weighted by Gasteiger charge is 2.38. The maximum atomic E-state index is 13.3. The lowest BCUT2D eigenvalue weighted by molar-refractivity contribution is -0.146. The van der Waals surface area contributed by atoms with Crippen LogP contribution in [0, 0.1) is 0 Å². The second kappa shape index (κ2) is 9.85. The molecule has 1 heterocycles. The summed E-state index contributed by atoms with van der Waals surface area (Å²) in [5.41, 5.74) is 5.05. The molecule has 1 aliphatic rings. The van der Waals surface area contributed by atoms with E-state index < -0.39 is 41.4 Å². The van der Waals surface area contributed by atoms with Gasteiger partial charge in [0.1, 0.15) is 12.1 Å². The highest BCUT2D eigenvalue weighted by Crippen LogP contribution is 2.30. The van der Waals surface area contributed by atoms with Crippen molar-refractivity contribution >= 4 is 23.5 Å². The zero-order chi connectivity index (χ0) is 24.2. The van der Waals surface area contributed by atoms with Crippen LogP contribution >= 0.6 is 0 Å². The summed E-state index contributed by atoms with van der Waals surface area (Å²) in [5.74, 6) is -3.35. The van der Waals surface area contributed by atoms with E-state index in [2.05, 4.69) is 5.32 Å². The number of rotatable bonds is 8. The van der Waals surface area contributed by atoms with Crippen LogP contribution in [0.5, 0.6) is 0 Å². The minimum atomic E-state index is -4.60. The molecule has 2 aromatic rings. The fourth-order valence-electron chi connectivity index (χ4n) is 3.73. The Hall–Kier alpha value is -3.69. The SMILES string of the molecule is NC(=O)C(=O)C(Cc1ccccc1)N(Cc1cccc(C(F)(F)F)c1)C(=O)[C@H]1CCC(=O)N1. The van der Waals surface area contributed by atoms with E-state index in [-0.39, 0.29) is 37.3 Å². The van der Waals surface area contributed by atoms with Crippen molar-refractivity contribution in [1.29, 1.82) is 0 Å². The summed E-state index contributed by atoms with van der Waals surface area (Å²) < 4.78 is 39.6. The topological polar surface area (TPSA) is 110 Å². The summed E-state index contributed by atoms with van der Waals surface area (Å²) in [7, 11) is 0. The van der Waals surface area contributed by atoms with Crippen molar-refractivity contribution < 1.29 is 32.3 Å². The van der Waals surface area contributed by atoms with Crippen molar-refractivity contribution in [2.24, 2.45) is 5.73 Å². The summed E-state index contributed by atoms with van der Waals surface area (Å²) in [4.78, 5) is 50.5. The molecule has 10 heteroatoms. The number of primary amides is 1. The second-order valence-electron chi connectivity index (χ2n) is 7.76. The van der Waals surface area contributed by atoms with Gasteiger partial charge in [-0.25, -0.2) is 0 Å². The van der Waals surface area contributed by atoms with Crippen molar-refractivity contribution in [2.75, 3.05) is 0 Å². The maximum Gasteiger partial charge on any atom is 0.416 e. The number of hydrogen-bond donors (Lipinski definition) is 2. The van der Waals surface area contributed by atoms with Crippen LogP contribution in [0.1, 0.15) is 29.5 Å². The number of amides is 3. The minimum Gasteiger partial charge on any atom is -0.363 e. The summed E-state index contributed by atoms with van der Waals surface area (Å²) in [5, 5.41) is 2.50. The van der Waals surface area contributed by atoms with Crippen LogP contribution in [0.4, 0.5) is 13.2 Å². The number of hydrogen-bond acceptors (Lipinski definition) is 4. The predicted octanol–water partition coefficient (Wildman–Crippen LogP) is 1.98. The van der Waals surface area contributed by atoms with Crippen molar-refractivity contribution in [3.05, 3.63) is 71.3 Å². The molecule has 0 aliphatic carbocycles. The van der Waals surface area contributed by atoms with Crippen LogP contribution in [-0.4, -0.2) is 40.5 Å². The Morgan fingerprint density at radius 3 is 2.30 bits per heavy atom. The van der Waals surface area contributed by atoms with E-state index in [0.29, 0.717) is 5.56 Å². The lowest BCUT2D eigenvalue weighted by Crippen LogP contribution is -2.54. The van der Waals surface area contributed by atoms with Gasteiger partial charge in [-0.05, 0) is 29.7 Å². The highest BCUT2D eigenvalue weighted by atomic mass is 19.4. The molecule has 3 rings (SSSR count). The Morgan fingerprint density at radius 2 is 1.73 bits per heavy atom. The molecule has 0 aromatic heterocycles. The second-order valence-corrected chi connectivity index (χ2v) is 7.76. The molecule has 0 saturated carbocycles. The third kappa shape index (κ3) is 5.97. The third-order valence-electron chi connectivity index (χ3n) is 5.38. The molecule has 174 valence electrons. The zero-order valence-corrected chi connectivity index (χ0v) is 17.5. The van der Waals surface area contributed by atoms with Crippen LogP contribution in [0.3, 0.4) is 0 Å². The number of carbonyl (C=O) groups excluding carboxylic acids is 4. The lowest BCUT2D eigenvalue weighted by Gasteiger charge is -2.32. The number of ketones is 1. The molecule has 3 amide bonds. The van der Waals surface area contributed by atoms with Crippen LogP contribution in [0.25, 0.3) is 0 Å². The van der Waals surface area contributed by atoms with E-state index in [1.54, 1.807) is 30.3 Å². The largest absolute Gasteiger partial charge is 0.416 e. The van der Waals surface area contributed by atoms with Gasteiger partial charge in [-0.2, -0.15) is 13.2 Å². The van der Waals surface area contributed by atoms with Crippen molar-refractivity contribution in [1.82, 2.24) is 10.2 Å². The van der Waals surface area contributed by atoms with E-state index in [1.807, 2.05) is 0 Å². The molecule has 1 saturated heterocycles. The normalized spacial score (nSPS) is 16.7. The van der Waals surface area contributed by atoms with Gasteiger partial charge in [0.2, 0.25) is 17.6 Å². The molecular formula is C23H22F3N3O4. The standard InChI is InChI=1S/C23H22F3N3O4/c24-23(25,26)16-8-4-7-15(11-16)13-29(22(33)17-9-10-19(30)28-17)18(20(31)21(27)32)12-14-5-2-1-3-6-14/h1-8,11,17-18H,9-10,12-13H2,(H2,27,32)(H,28,30)/t17-,18?/m1/s1. The van der Waals surface area contributed by atoms with Crippen LogP contribution in [0.2, 0.25) is 0 Å². The molecule has 33 heavy (non-hydrogen) atoms. The van der Waals surface area contributed by atoms with Crippen LogP contribution in [-0.2, 0) is 38.3 Å². The zero-order valence-electron chi connectivity index (χ0n) is 17.5. The van der Waals surface area contributed by atoms with Gasteiger partial charge in [-0.1, -0.05) is 42.5 Å². The molecule has 0 spiro atoms. The average molecular weight is 461 g/mol. The molecule has 2 aromatic carbocycles. The Morgan fingerprint density at radius 1 is 1.06 bits per heavy atom. The smallest absolute Gasteiger partial charge is 0.363 e. The quantitative estimate of drug-likeness (QED) is 0.586. The first kappa shape index (κ1) is 24.0. The number of halogens is 3. The van der Waals surface area contributed by atoms with E-state index in [9.17, 15) is 32.3 Å². The third-order valence-corrected chi connectivity index (χ3v) is 5.38. The molecule has 2 atom stereocenters. The van der Waals surface area contributed by atoms with Crippen molar-refractivity contribution in [2.45, 2.75) is 44.1 Å². The summed E-state index contributed by atoms with van der Waals surface area (Å²) in [6.07, 6.45) is -4.41.